The van der Waals surface area contributed by atoms with Gasteiger partial charge in [0, 0.05) is 0 Å². The smallest absolute Gasteiger partial charge is 0.313 e. The van der Waals surface area contributed by atoms with Gasteiger partial charge in [0.2, 0.25) is 0 Å². The van der Waals surface area contributed by atoms with Gasteiger partial charge in [-0.15, -0.1) is 0 Å². The molecular weight excluding hydrogens is 254 g/mol. The molecule has 1 fully saturated rings. The molecule has 0 amide bonds. The van der Waals surface area contributed by atoms with Gasteiger partial charge in [-0.25, -0.2) is 0 Å². The third kappa shape index (κ3) is 4.36. The third-order valence-electron chi connectivity index (χ3n) is 3.03. The molecule has 0 atom stereocenters. The molecule has 4 nitrogen and oxygen atoms in total. The van der Waals surface area contributed by atoms with Crippen LogP contribution in [0.2, 0.25) is 0 Å². The van der Waals surface area contributed by atoms with E-state index in [-0.39, 0.29) is 12.2 Å². The molecular formula is C16H15NO3. The summed E-state index contributed by atoms with van der Waals surface area (Å²) in [6, 6.07) is 9.01. The minimum absolute atomic E-state index is 0.252. The predicted molar refractivity (Wildman–Crippen MR) is 73.5 cm³/mol. The van der Waals surface area contributed by atoms with E-state index in [1.54, 1.807) is 30.3 Å². The van der Waals surface area contributed by atoms with Crippen LogP contribution in [0.1, 0.15) is 30.4 Å². The van der Waals surface area contributed by atoms with Gasteiger partial charge in [0.05, 0.1) is 18.2 Å². The van der Waals surface area contributed by atoms with Crippen LogP contribution in [0.4, 0.5) is 0 Å². The Morgan fingerprint density at radius 3 is 2.80 bits per heavy atom. The molecule has 0 aromatic heterocycles. The number of allylic oxidation sites excluding steroid dienone is 1. The van der Waals surface area contributed by atoms with Gasteiger partial charge in [-0.2, -0.15) is 5.26 Å². The molecule has 0 saturated heterocycles. The van der Waals surface area contributed by atoms with Crippen molar-refractivity contribution in [2.45, 2.75) is 19.3 Å². The van der Waals surface area contributed by atoms with Gasteiger partial charge >= 0.3 is 5.97 Å². The van der Waals surface area contributed by atoms with Crippen LogP contribution in [-0.2, 0) is 14.3 Å². The molecule has 0 aliphatic heterocycles. The molecule has 1 aliphatic rings. The molecule has 0 N–H and O–H groups in total. The highest BCUT2D eigenvalue weighted by Gasteiger charge is 2.23. The lowest BCUT2D eigenvalue weighted by molar-refractivity contribution is -0.145. The van der Waals surface area contributed by atoms with Crippen LogP contribution >= 0.6 is 0 Å². The minimum atomic E-state index is -0.486. The molecule has 102 valence electrons. The summed E-state index contributed by atoms with van der Waals surface area (Å²) in [4.78, 5) is 23.0. The molecule has 4 heteroatoms. The maximum atomic E-state index is 11.6. The summed E-state index contributed by atoms with van der Waals surface area (Å²) in [7, 11) is 0. The first-order valence-electron chi connectivity index (χ1n) is 6.54. The molecule has 1 aromatic rings. The zero-order valence-electron chi connectivity index (χ0n) is 11.0. The highest BCUT2D eigenvalue weighted by molar-refractivity contribution is 6.04. The first-order chi connectivity index (χ1) is 9.69. The van der Waals surface area contributed by atoms with Crippen LogP contribution < -0.4 is 0 Å². The summed E-state index contributed by atoms with van der Waals surface area (Å²) in [5.74, 6) is -0.314. The maximum absolute atomic E-state index is 11.6. The van der Waals surface area contributed by atoms with Crippen molar-refractivity contribution in [2.75, 3.05) is 6.61 Å². The van der Waals surface area contributed by atoms with Crippen LogP contribution in [0.15, 0.2) is 30.3 Å². The summed E-state index contributed by atoms with van der Waals surface area (Å²) in [6.45, 7) is 0.424. The lowest BCUT2D eigenvalue weighted by Crippen LogP contribution is -2.11. The van der Waals surface area contributed by atoms with Gasteiger partial charge in [-0.3, -0.25) is 9.59 Å². The largest absolute Gasteiger partial charge is 0.465 e. The lowest BCUT2D eigenvalue weighted by Gasteiger charge is -2.01. The average molecular weight is 269 g/mol. The Hall–Kier alpha value is -2.41. The van der Waals surface area contributed by atoms with Crippen molar-refractivity contribution in [2.24, 2.45) is 5.92 Å². The Bertz CT molecular complexity index is 580. The summed E-state index contributed by atoms with van der Waals surface area (Å²) in [5.41, 5.74) is 1.16. The fourth-order valence-corrected chi connectivity index (χ4v) is 1.67. The van der Waals surface area contributed by atoms with Crippen LogP contribution in [-0.4, -0.2) is 18.4 Å². The monoisotopic (exact) mass is 269 g/mol. The van der Waals surface area contributed by atoms with Crippen molar-refractivity contribution in [3.63, 3.8) is 0 Å². The second-order valence-corrected chi connectivity index (χ2v) is 4.80. The number of benzene rings is 1. The minimum Gasteiger partial charge on any atom is -0.465 e. The standard InChI is InChI=1S/C16H15NO3/c17-10-14-4-2-1-3-13(14)7-8-15(18)9-16(19)20-11-12-5-6-12/h1-4,7-8,12H,5-6,9,11H2. The maximum Gasteiger partial charge on any atom is 0.313 e. The number of esters is 1. The van der Waals surface area contributed by atoms with E-state index in [0.717, 1.165) is 12.8 Å². The topological polar surface area (TPSA) is 67.2 Å². The molecule has 1 saturated carbocycles. The first kappa shape index (κ1) is 14.0. The molecule has 0 spiro atoms. The Morgan fingerprint density at radius 1 is 1.35 bits per heavy atom. The van der Waals surface area contributed by atoms with E-state index < -0.39 is 5.97 Å². The number of hydrogen-bond acceptors (Lipinski definition) is 4. The van der Waals surface area contributed by atoms with Gasteiger partial charge in [0.25, 0.3) is 0 Å². The molecule has 20 heavy (non-hydrogen) atoms. The molecule has 0 radical (unpaired) electrons. The summed E-state index contributed by atoms with van der Waals surface area (Å²) < 4.78 is 4.99. The second kappa shape index (κ2) is 6.67. The van der Waals surface area contributed by atoms with Gasteiger partial charge in [-0.05, 0) is 36.5 Å². The van der Waals surface area contributed by atoms with Crippen LogP contribution in [0.25, 0.3) is 6.08 Å². The summed E-state index contributed by atoms with van der Waals surface area (Å²) in [6.07, 6.45) is 4.82. The number of nitriles is 1. The van der Waals surface area contributed by atoms with E-state index in [0.29, 0.717) is 23.7 Å². The molecule has 0 unspecified atom stereocenters. The first-order valence-corrected chi connectivity index (χ1v) is 6.54. The van der Waals surface area contributed by atoms with Gasteiger partial charge in [0.15, 0.2) is 5.78 Å². The van der Waals surface area contributed by atoms with Gasteiger partial charge in [0.1, 0.15) is 6.42 Å². The fourth-order valence-electron chi connectivity index (χ4n) is 1.67. The zero-order valence-corrected chi connectivity index (χ0v) is 11.0. The van der Waals surface area contributed by atoms with Gasteiger partial charge in [-0.1, -0.05) is 24.3 Å². The van der Waals surface area contributed by atoms with Crippen LogP contribution in [0.5, 0.6) is 0 Å². The lowest BCUT2D eigenvalue weighted by atomic mass is 10.1. The SMILES string of the molecule is N#Cc1ccccc1C=CC(=O)CC(=O)OCC1CC1. The third-order valence-corrected chi connectivity index (χ3v) is 3.03. The van der Waals surface area contributed by atoms with E-state index >= 15 is 0 Å². The summed E-state index contributed by atoms with van der Waals surface area (Å²) >= 11 is 0. The molecule has 1 aromatic carbocycles. The quantitative estimate of drug-likeness (QED) is 0.452. The van der Waals surface area contributed by atoms with E-state index in [1.165, 1.54) is 6.08 Å². The normalized spacial score (nSPS) is 13.9. The van der Waals surface area contributed by atoms with Crippen LogP contribution in [0, 0.1) is 17.2 Å². The van der Waals surface area contributed by atoms with E-state index in [1.807, 2.05) is 6.07 Å². The number of carbonyl (C=O) groups is 2. The van der Waals surface area contributed by atoms with Crippen molar-refractivity contribution in [3.8, 4) is 6.07 Å². The van der Waals surface area contributed by atoms with Gasteiger partial charge < -0.3 is 4.74 Å². The Balaban J connectivity index is 1.85. The van der Waals surface area contributed by atoms with Crippen molar-refractivity contribution < 1.29 is 14.3 Å². The summed E-state index contributed by atoms with van der Waals surface area (Å²) in [5, 5.41) is 8.91. The number of ketones is 1. The molecule has 1 aliphatic carbocycles. The Labute approximate surface area is 117 Å². The van der Waals surface area contributed by atoms with Crippen molar-refractivity contribution in [1.82, 2.24) is 0 Å². The average Bonchev–Trinajstić information content (AvgIpc) is 3.27. The number of rotatable bonds is 6. The second-order valence-electron chi connectivity index (χ2n) is 4.80. The number of carbonyl (C=O) groups excluding carboxylic acids is 2. The number of ether oxygens (including phenoxy) is 1. The number of hydrogen-bond donors (Lipinski definition) is 0. The zero-order chi connectivity index (χ0) is 14.4. The molecule has 2 rings (SSSR count). The fraction of sp³-hybridized carbons (Fsp3) is 0.312. The Kier molecular flexibility index (Phi) is 4.67. The van der Waals surface area contributed by atoms with Crippen molar-refractivity contribution >= 4 is 17.8 Å². The van der Waals surface area contributed by atoms with E-state index in [4.69, 9.17) is 10.00 Å². The molecule has 0 heterocycles. The number of nitrogens with zero attached hydrogens (tertiary/aromatic N) is 1. The van der Waals surface area contributed by atoms with E-state index in [9.17, 15) is 9.59 Å². The van der Waals surface area contributed by atoms with Crippen LogP contribution in [0.3, 0.4) is 0 Å². The highest BCUT2D eigenvalue weighted by Crippen LogP contribution is 2.28. The Morgan fingerprint density at radius 2 is 2.10 bits per heavy atom. The van der Waals surface area contributed by atoms with Crippen molar-refractivity contribution in [3.05, 3.63) is 41.5 Å². The molecule has 0 bridgehead atoms. The predicted octanol–water partition coefficient (Wildman–Crippen LogP) is 2.48. The van der Waals surface area contributed by atoms with Crippen molar-refractivity contribution in [1.29, 1.82) is 5.26 Å². The van der Waals surface area contributed by atoms with E-state index in [2.05, 4.69) is 0 Å². The highest BCUT2D eigenvalue weighted by atomic mass is 16.5.